The van der Waals surface area contributed by atoms with Crippen LogP contribution in [0.25, 0.3) is 17.0 Å². The minimum absolute atomic E-state index is 0.369. The molecule has 0 radical (unpaired) electrons. The lowest BCUT2D eigenvalue weighted by Gasteiger charge is -2.07. The molecule has 0 aliphatic carbocycles. The highest BCUT2D eigenvalue weighted by Crippen LogP contribution is 2.28. The maximum Gasteiger partial charge on any atom is 0.185 e. The standard InChI is InChI=1S/C13H11ClN4O2/c1-19-9-5-8(6-10(7-9)20-2)13-16-15-12-4-3-11(14)17-18(12)13/h3-7H,1-2H3. The fourth-order valence-electron chi connectivity index (χ4n) is 1.88. The van der Waals surface area contributed by atoms with Crippen LogP contribution >= 0.6 is 11.6 Å². The minimum atomic E-state index is 0.369. The lowest BCUT2D eigenvalue weighted by Crippen LogP contribution is -1.96. The summed E-state index contributed by atoms with van der Waals surface area (Å²) in [4.78, 5) is 0. The summed E-state index contributed by atoms with van der Waals surface area (Å²) >= 11 is 5.92. The maximum absolute atomic E-state index is 5.92. The Labute approximate surface area is 119 Å². The van der Waals surface area contributed by atoms with Gasteiger partial charge >= 0.3 is 0 Å². The lowest BCUT2D eigenvalue weighted by molar-refractivity contribution is 0.394. The van der Waals surface area contributed by atoms with Crippen molar-refractivity contribution in [3.05, 3.63) is 35.5 Å². The van der Waals surface area contributed by atoms with Gasteiger partial charge in [0.2, 0.25) is 0 Å². The molecule has 2 aromatic heterocycles. The first-order valence-corrected chi connectivity index (χ1v) is 6.20. The van der Waals surface area contributed by atoms with Crippen LogP contribution in [0.1, 0.15) is 0 Å². The first-order chi connectivity index (χ1) is 9.71. The van der Waals surface area contributed by atoms with Gasteiger partial charge in [0.05, 0.1) is 14.2 Å². The highest BCUT2D eigenvalue weighted by Gasteiger charge is 2.12. The molecule has 0 N–H and O–H groups in total. The Bertz CT molecular complexity index is 750. The van der Waals surface area contributed by atoms with E-state index in [0.29, 0.717) is 28.1 Å². The SMILES string of the molecule is COc1cc(OC)cc(-c2nnc3ccc(Cl)nn23)c1. The van der Waals surface area contributed by atoms with E-state index in [2.05, 4.69) is 15.3 Å². The summed E-state index contributed by atoms with van der Waals surface area (Å²) in [6.45, 7) is 0. The van der Waals surface area contributed by atoms with Gasteiger partial charge in [0.1, 0.15) is 16.7 Å². The van der Waals surface area contributed by atoms with Crippen LogP contribution in [0.3, 0.4) is 0 Å². The summed E-state index contributed by atoms with van der Waals surface area (Å²) in [5.41, 5.74) is 1.40. The van der Waals surface area contributed by atoms with E-state index in [4.69, 9.17) is 21.1 Å². The first kappa shape index (κ1) is 12.7. The van der Waals surface area contributed by atoms with E-state index in [9.17, 15) is 0 Å². The highest BCUT2D eigenvalue weighted by atomic mass is 35.5. The Balaban J connectivity index is 2.22. The van der Waals surface area contributed by atoms with Gasteiger partial charge in [-0.2, -0.15) is 9.61 Å². The van der Waals surface area contributed by atoms with Crippen LogP contribution in [0.4, 0.5) is 0 Å². The molecule has 0 saturated carbocycles. The van der Waals surface area contributed by atoms with Gasteiger partial charge in [-0.05, 0) is 24.3 Å². The number of halogens is 1. The van der Waals surface area contributed by atoms with Crippen molar-refractivity contribution in [1.29, 1.82) is 0 Å². The largest absolute Gasteiger partial charge is 0.497 e. The van der Waals surface area contributed by atoms with Crippen LogP contribution in [0, 0.1) is 0 Å². The van der Waals surface area contributed by atoms with Crippen LogP contribution in [0.15, 0.2) is 30.3 Å². The van der Waals surface area contributed by atoms with E-state index in [-0.39, 0.29) is 0 Å². The van der Waals surface area contributed by atoms with Crippen molar-refractivity contribution in [2.75, 3.05) is 14.2 Å². The normalized spacial score (nSPS) is 10.8. The Hall–Kier alpha value is -2.34. The smallest absolute Gasteiger partial charge is 0.185 e. The van der Waals surface area contributed by atoms with Gasteiger partial charge in [-0.15, -0.1) is 10.2 Å². The Morgan fingerprint density at radius 2 is 1.70 bits per heavy atom. The second kappa shape index (κ2) is 4.97. The number of hydrogen-bond donors (Lipinski definition) is 0. The minimum Gasteiger partial charge on any atom is -0.497 e. The summed E-state index contributed by atoms with van der Waals surface area (Å²) in [6, 6.07) is 8.88. The molecule has 0 bridgehead atoms. The van der Waals surface area contributed by atoms with Gasteiger partial charge in [0.25, 0.3) is 0 Å². The van der Waals surface area contributed by atoms with Crippen LogP contribution in [-0.2, 0) is 0 Å². The van der Waals surface area contributed by atoms with E-state index in [1.54, 1.807) is 36.9 Å². The monoisotopic (exact) mass is 290 g/mol. The van der Waals surface area contributed by atoms with Crippen molar-refractivity contribution < 1.29 is 9.47 Å². The molecule has 0 amide bonds. The van der Waals surface area contributed by atoms with Crippen LogP contribution in [-0.4, -0.2) is 34.0 Å². The van der Waals surface area contributed by atoms with E-state index >= 15 is 0 Å². The number of fused-ring (bicyclic) bond motifs is 1. The predicted molar refractivity (Wildman–Crippen MR) is 74.3 cm³/mol. The third-order valence-electron chi connectivity index (χ3n) is 2.84. The summed E-state index contributed by atoms with van der Waals surface area (Å²) in [5.74, 6) is 1.90. The number of nitrogens with zero attached hydrogens (tertiary/aromatic N) is 4. The Morgan fingerprint density at radius 1 is 1.00 bits per heavy atom. The van der Waals surface area contributed by atoms with Crippen molar-refractivity contribution in [3.63, 3.8) is 0 Å². The second-order valence-electron chi connectivity index (χ2n) is 4.05. The van der Waals surface area contributed by atoms with E-state index in [1.807, 2.05) is 12.1 Å². The summed E-state index contributed by atoms with van der Waals surface area (Å²) in [6.07, 6.45) is 0. The average molecular weight is 291 g/mol. The fourth-order valence-corrected chi connectivity index (χ4v) is 2.02. The zero-order chi connectivity index (χ0) is 14.1. The molecule has 20 heavy (non-hydrogen) atoms. The van der Waals surface area contributed by atoms with E-state index < -0.39 is 0 Å². The molecule has 102 valence electrons. The molecule has 1 aromatic carbocycles. The molecule has 6 nitrogen and oxygen atoms in total. The fraction of sp³-hybridized carbons (Fsp3) is 0.154. The van der Waals surface area contributed by atoms with Crippen molar-refractivity contribution in [1.82, 2.24) is 19.8 Å². The molecule has 7 heteroatoms. The number of aromatic nitrogens is 4. The van der Waals surface area contributed by atoms with Gasteiger partial charge in [-0.1, -0.05) is 11.6 Å². The first-order valence-electron chi connectivity index (χ1n) is 5.82. The second-order valence-corrected chi connectivity index (χ2v) is 4.44. The van der Waals surface area contributed by atoms with Gasteiger partial charge in [-0.3, -0.25) is 0 Å². The molecule has 3 rings (SSSR count). The Kier molecular flexibility index (Phi) is 3.15. The molecule has 0 aliphatic heterocycles. The van der Waals surface area contributed by atoms with Crippen molar-refractivity contribution in [2.24, 2.45) is 0 Å². The van der Waals surface area contributed by atoms with E-state index in [1.165, 1.54) is 0 Å². The van der Waals surface area contributed by atoms with Crippen molar-refractivity contribution in [2.45, 2.75) is 0 Å². The summed E-state index contributed by atoms with van der Waals surface area (Å²) in [5, 5.41) is 12.8. The molecule has 3 aromatic rings. The zero-order valence-electron chi connectivity index (χ0n) is 10.9. The number of benzene rings is 1. The predicted octanol–water partition coefficient (Wildman–Crippen LogP) is 2.46. The molecule has 0 aliphatic rings. The van der Waals surface area contributed by atoms with Crippen LogP contribution in [0.5, 0.6) is 11.5 Å². The molecule has 0 fully saturated rings. The third kappa shape index (κ3) is 2.14. The topological polar surface area (TPSA) is 61.5 Å². The number of methoxy groups -OCH3 is 2. The lowest BCUT2D eigenvalue weighted by atomic mass is 10.2. The van der Waals surface area contributed by atoms with E-state index in [0.717, 1.165) is 5.56 Å². The highest BCUT2D eigenvalue weighted by molar-refractivity contribution is 6.29. The molecule has 0 spiro atoms. The van der Waals surface area contributed by atoms with Crippen molar-refractivity contribution in [3.8, 4) is 22.9 Å². The molecule has 0 saturated heterocycles. The summed E-state index contributed by atoms with van der Waals surface area (Å²) in [7, 11) is 3.19. The van der Waals surface area contributed by atoms with Crippen LogP contribution in [0.2, 0.25) is 5.15 Å². The molecule has 0 atom stereocenters. The Morgan fingerprint density at radius 3 is 2.35 bits per heavy atom. The zero-order valence-corrected chi connectivity index (χ0v) is 11.6. The average Bonchev–Trinajstić information content (AvgIpc) is 2.89. The third-order valence-corrected chi connectivity index (χ3v) is 3.04. The number of rotatable bonds is 3. The van der Waals surface area contributed by atoms with Gasteiger partial charge in [0.15, 0.2) is 11.5 Å². The van der Waals surface area contributed by atoms with Gasteiger partial charge in [-0.25, -0.2) is 0 Å². The maximum atomic E-state index is 5.92. The molecule has 0 unspecified atom stereocenters. The van der Waals surface area contributed by atoms with Gasteiger partial charge < -0.3 is 9.47 Å². The van der Waals surface area contributed by atoms with Gasteiger partial charge in [0, 0.05) is 11.6 Å². The molecular formula is C13H11ClN4O2. The molecule has 2 heterocycles. The van der Waals surface area contributed by atoms with Crippen molar-refractivity contribution >= 4 is 17.2 Å². The molecular weight excluding hydrogens is 280 g/mol. The number of ether oxygens (including phenoxy) is 2. The summed E-state index contributed by atoms with van der Waals surface area (Å²) < 4.78 is 12.1. The van der Waals surface area contributed by atoms with Crippen LogP contribution < -0.4 is 9.47 Å². The quantitative estimate of drug-likeness (QED) is 0.741. The number of hydrogen-bond acceptors (Lipinski definition) is 5.